The molecule has 8 N–H and O–H groups in total. The first kappa shape index (κ1) is 25.6. The zero-order chi connectivity index (χ0) is 17.4. The van der Waals surface area contributed by atoms with E-state index in [1.165, 1.54) is 6.42 Å². The molecule has 0 bridgehead atoms. The molecule has 0 radical (unpaired) electrons. The van der Waals surface area contributed by atoms with Gasteiger partial charge in [-0.1, -0.05) is 20.3 Å². The number of aliphatic hydroxyl groups excluding tert-OH is 8. The van der Waals surface area contributed by atoms with Gasteiger partial charge >= 0.3 is 0 Å². The second kappa shape index (κ2) is 16.1. The largest absolute Gasteiger partial charge is 0.396 e. The highest BCUT2D eigenvalue weighted by molar-refractivity contribution is 4.75. The summed E-state index contributed by atoms with van der Waals surface area (Å²) in [5.41, 5.74) is -2.22. The van der Waals surface area contributed by atoms with Crippen molar-refractivity contribution in [2.75, 3.05) is 52.9 Å². The predicted octanol–water partition coefficient (Wildman–Crippen LogP) is -2.70. The van der Waals surface area contributed by atoms with Crippen LogP contribution >= 0.6 is 0 Å². The van der Waals surface area contributed by atoms with Gasteiger partial charge in [-0.3, -0.25) is 0 Å². The zero-order valence-corrected chi connectivity index (χ0v) is 12.9. The van der Waals surface area contributed by atoms with Crippen molar-refractivity contribution in [3.63, 3.8) is 0 Å². The molecule has 0 unspecified atom stereocenters. The van der Waals surface area contributed by atoms with E-state index in [1.54, 1.807) is 0 Å². The van der Waals surface area contributed by atoms with Crippen LogP contribution in [0.15, 0.2) is 0 Å². The number of aliphatic hydroxyl groups is 8. The third kappa shape index (κ3) is 11.0. The SMILES string of the molecule is CCC.OCC(CO)(CO)CO.OCC(CO)(CO)CO. The van der Waals surface area contributed by atoms with Gasteiger partial charge in [0.1, 0.15) is 0 Å². The fourth-order valence-corrected chi connectivity index (χ4v) is 0.600. The maximum Gasteiger partial charge on any atom is 0.0627 e. The number of rotatable bonds is 8. The van der Waals surface area contributed by atoms with E-state index in [1.807, 2.05) is 0 Å². The summed E-state index contributed by atoms with van der Waals surface area (Å²) < 4.78 is 0. The highest BCUT2D eigenvalue weighted by atomic mass is 16.3. The van der Waals surface area contributed by atoms with Crippen LogP contribution in [0, 0.1) is 10.8 Å². The van der Waals surface area contributed by atoms with E-state index < -0.39 is 63.7 Å². The van der Waals surface area contributed by atoms with Gasteiger partial charge in [0.25, 0.3) is 0 Å². The van der Waals surface area contributed by atoms with E-state index in [0.717, 1.165) is 0 Å². The minimum atomic E-state index is -1.11. The molecule has 0 rings (SSSR count). The van der Waals surface area contributed by atoms with Crippen LogP contribution in [0.5, 0.6) is 0 Å². The molecule has 0 aliphatic heterocycles. The van der Waals surface area contributed by atoms with Gasteiger partial charge in [-0.05, 0) is 0 Å². The predicted molar refractivity (Wildman–Crippen MR) is 77.5 cm³/mol. The molecule has 132 valence electrons. The van der Waals surface area contributed by atoms with Crippen molar-refractivity contribution >= 4 is 0 Å². The maximum absolute atomic E-state index is 8.50. The molecule has 0 spiro atoms. The summed E-state index contributed by atoms with van der Waals surface area (Å²) in [5.74, 6) is 0. The normalized spacial score (nSPS) is 11.1. The van der Waals surface area contributed by atoms with Crippen LogP contribution in [0.2, 0.25) is 0 Å². The third-order valence-corrected chi connectivity index (χ3v) is 2.68. The molecule has 0 aliphatic rings. The van der Waals surface area contributed by atoms with Crippen molar-refractivity contribution in [1.82, 2.24) is 0 Å². The molecule has 0 aromatic heterocycles. The van der Waals surface area contributed by atoms with E-state index in [9.17, 15) is 0 Å². The van der Waals surface area contributed by atoms with Crippen LogP contribution in [0.1, 0.15) is 20.3 Å². The molecular formula is C13H32O8. The Kier molecular flexibility index (Phi) is 19.6. The topological polar surface area (TPSA) is 162 Å². The van der Waals surface area contributed by atoms with Crippen LogP contribution in [0.4, 0.5) is 0 Å². The van der Waals surface area contributed by atoms with Gasteiger partial charge in [-0.15, -0.1) is 0 Å². The molecule has 0 saturated heterocycles. The second-order valence-electron chi connectivity index (χ2n) is 4.97. The molecule has 0 aliphatic carbocycles. The van der Waals surface area contributed by atoms with Crippen LogP contribution in [-0.2, 0) is 0 Å². The van der Waals surface area contributed by atoms with E-state index in [2.05, 4.69) is 13.8 Å². The molecule has 0 fully saturated rings. The van der Waals surface area contributed by atoms with Crippen molar-refractivity contribution in [2.24, 2.45) is 10.8 Å². The van der Waals surface area contributed by atoms with E-state index >= 15 is 0 Å². The molecule has 0 amide bonds. The maximum atomic E-state index is 8.50. The molecule has 0 aromatic carbocycles. The molecule has 0 aromatic rings. The first-order chi connectivity index (χ1) is 9.90. The van der Waals surface area contributed by atoms with Gasteiger partial charge in [0.05, 0.1) is 63.7 Å². The zero-order valence-electron chi connectivity index (χ0n) is 12.9. The fourth-order valence-electron chi connectivity index (χ4n) is 0.600. The minimum absolute atomic E-state index is 0.406. The van der Waals surface area contributed by atoms with Gasteiger partial charge in [-0.2, -0.15) is 0 Å². The molecule has 8 heteroatoms. The number of hydrogen-bond donors (Lipinski definition) is 8. The summed E-state index contributed by atoms with van der Waals surface area (Å²) in [6, 6.07) is 0. The van der Waals surface area contributed by atoms with Crippen LogP contribution < -0.4 is 0 Å². The summed E-state index contributed by atoms with van der Waals surface area (Å²) in [4.78, 5) is 0. The Labute approximate surface area is 125 Å². The van der Waals surface area contributed by atoms with E-state index in [4.69, 9.17) is 40.9 Å². The Morgan fingerprint density at radius 1 is 0.429 bits per heavy atom. The van der Waals surface area contributed by atoms with Crippen molar-refractivity contribution in [3.05, 3.63) is 0 Å². The van der Waals surface area contributed by atoms with Crippen molar-refractivity contribution in [3.8, 4) is 0 Å². The molecule has 21 heavy (non-hydrogen) atoms. The molecule has 8 nitrogen and oxygen atoms in total. The summed E-state index contributed by atoms with van der Waals surface area (Å²) in [7, 11) is 0. The average Bonchev–Trinajstić information content (AvgIpc) is 2.54. The van der Waals surface area contributed by atoms with Crippen molar-refractivity contribution in [1.29, 1.82) is 0 Å². The lowest BCUT2D eigenvalue weighted by Crippen LogP contribution is -2.37. The second-order valence-corrected chi connectivity index (χ2v) is 4.97. The number of hydrogen-bond acceptors (Lipinski definition) is 8. The average molecular weight is 316 g/mol. The molecule has 0 heterocycles. The van der Waals surface area contributed by atoms with Crippen molar-refractivity contribution in [2.45, 2.75) is 20.3 Å². The Morgan fingerprint density at radius 3 is 0.524 bits per heavy atom. The molecule has 0 saturated carbocycles. The van der Waals surface area contributed by atoms with Gasteiger partial charge in [0.15, 0.2) is 0 Å². The van der Waals surface area contributed by atoms with E-state index in [-0.39, 0.29) is 0 Å². The first-order valence-electron chi connectivity index (χ1n) is 6.77. The first-order valence-corrected chi connectivity index (χ1v) is 6.77. The van der Waals surface area contributed by atoms with Crippen LogP contribution in [-0.4, -0.2) is 93.7 Å². The summed E-state index contributed by atoms with van der Waals surface area (Å²) in [6.45, 7) is 1.00. The lowest BCUT2D eigenvalue weighted by atomic mass is 9.93. The fraction of sp³-hybridized carbons (Fsp3) is 1.00. The van der Waals surface area contributed by atoms with Crippen LogP contribution in [0.25, 0.3) is 0 Å². The summed E-state index contributed by atoms with van der Waals surface area (Å²) in [6.07, 6.45) is 1.25. The lowest BCUT2D eigenvalue weighted by molar-refractivity contribution is -0.0332. The molecule has 0 atom stereocenters. The van der Waals surface area contributed by atoms with Gasteiger partial charge in [0.2, 0.25) is 0 Å². The highest BCUT2D eigenvalue weighted by Crippen LogP contribution is 2.12. The van der Waals surface area contributed by atoms with Crippen LogP contribution in [0.3, 0.4) is 0 Å². The Morgan fingerprint density at radius 2 is 0.524 bits per heavy atom. The molecular weight excluding hydrogens is 284 g/mol. The quantitative estimate of drug-likeness (QED) is 0.240. The Balaban J connectivity index is -0.000000260. The monoisotopic (exact) mass is 316 g/mol. The van der Waals surface area contributed by atoms with Gasteiger partial charge < -0.3 is 40.9 Å². The standard InChI is InChI=1S/2C5H12O4.C3H8/c2*6-1-5(2-7,3-8)4-9;1-3-2/h2*6-9H,1-4H2;3H2,1-2H3. The Bertz CT molecular complexity index is 138. The van der Waals surface area contributed by atoms with Crippen molar-refractivity contribution < 1.29 is 40.9 Å². The van der Waals surface area contributed by atoms with E-state index in [0.29, 0.717) is 0 Å². The summed E-state index contributed by atoms with van der Waals surface area (Å²) >= 11 is 0. The third-order valence-electron chi connectivity index (χ3n) is 2.68. The smallest absolute Gasteiger partial charge is 0.0627 e. The highest BCUT2D eigenvalue weighted by Gasteiger charge is 2.27. The minimum Gasteiger partial charge on any atom is -0.396 e. The van der Waals surface area contributed by atoms with Gasteiger partial charge in [0, 0.05) is 0 Å². The van der Waals surface area contributed by atoms with Gasteiger partial charge in [-0.25, -0.2) is 0 Å². The Hall–Kier alpha value is -0.320. The lowest BCUT2D eigenvalue weighted by Gasteiger charge is -2.23. The summed E-state index contributed by atoms with van der Waals surface area (Å²) in [5, 5.41) is 68.0.